The van der Waals surface area contributed by atoms with Crippen molar-refractivity contribution in [2.24, 2.45) is 0 Å². The third-order valence-corrected chi connectivity index (χ3v) is 3.99. The smallest absolute Gasteiger partial charge is 0.260 e. The number of rotatable bonds is 5. The van der Waals surface area contributed by atoms with Crippen LogP contribution >= 0.6 is 0 Å². The van der Waals surface area contributed by atoms with E-state index in [4.69, 9.17) is 14.7 Å². The molecule has 0 fully saturated rings. The first-order valence-electron chi connectivity index (χ1n) is 8.68. The number of furan rings is 1. The molecule has 0 aliphatic heterocycles. The van der Waals surface area contributed by atoms with Gasteiger partial charge in [-0.2, -0.15) is 0 Å². The van der Waals surface area contributed by atoms with Gasteiger partial charge in [-0.1, -0.05) is 5.92 Å². The van der Waals surface area contributed by atoms with E-state index in [2.05, 4.69) is 34.3 Å². The summed E-state index contributed by atoms with van der Waals surface area (Å²) in [6, 6.07) is 7.55. The van der Waals surface area contributed by atoms with Crippen molar-refractivity contribution in [2.45, 2.75) is 12.5 Å². The Bertz CT molecular complexity index is 1070. The molecule has 9 nitrogen and oxygen atoms in total. The Morgan fingerprint density at radius 2 is 1.77 bits per heavy atom. The predicted molar refractivity (Wildman–Crippen MR) is 105 cm³/mol. The molecule has 0 saturated carbocycles. The number of hydrogen-bond acceptors (Lipinski definition) is 6. The number of benzene rings is 1. The van der Waals surface area contributed by atoms with Crippen LogP contribution in [0.5, 0.6) is 0 Å². The van der Waals surface area contributed by atoms with Crippen LogP contribution in [0.4, 0.5) is 0 Å². The summed E-state index contributed by atoms with van der Waals surface area (Å²) in [6.07, 6.45) is 0. The second-order valence-electron chi connectivity index (χ2n) is 5.83. The Hall–Kier alpha value is -4.05. The van der Waals surface area contributed by atoms with Crippen LogP contribution in [-0.4, -0.2) is 42.1 Å². The first kappa shape index (κ1) is 22.2. The molecule has 1 unspecified atom stereocenters. The minimum absolute atomic E-state index is 0.0682. The summed E-state index contributed by atoms with van der Waals surface area (Å²) in [7, 11) is 2.74. The topological polar surface area (TPSA) is 141 Å². The molecule has 1 heterocycles. The van der Waals surface area contributed by atoms with Gasteiger partial charge in [0.15, 0.2) is 5.76 Å². The molecule has 0 radical (unpaired) electrons. The van der Waals surface area contributed by atoms with E-state index in [1.165, 1.54) is 37.8 Å². The highest BCUT2D eigenvalue weighted by Crippen LogP contribution is 2.23. The molecule has 2 rings (SSSR count). The molecule has 0 aliphatic carbocycles. The van der Waals surface area contributed by atoms with Gasteiger partial charge < -0.3 is 20.2 Å². The summed E-state index contributed by atoms with van der Waals surface area (Å²) >= 11 is 0. The maximum Gasteiger partial charge on any atom is 0.260 e. The van der Waals surface area contributed by atoms with Gasteiger partial charge in [0.05, 0.1) is 0 Å². The minimum Gasteiger partial charge on any atom is -0.450 e. The van der Waals surface area contributed by atoms with Gasteiger partial charge in [-0.15, -0.1) is 0 Å². The first-order valence-corrected chi connectivity index (χ1v) is 8.68. The molecule has 154 valence electrons. The number of likely N-dealkylation sites (N-methyl/N-ethyl adjacent to an activating group) is 1. The van der Waals surface area contributed by atoms with Gasteiger partial charge in [0, 0.05) is 25.2 Å². The lowest BCUT2D eigenvalue weighted by atomic mass is 9.90. The van der Waals surface area contributed by atoms with E-state index in [0.717, 1.165) is 0 Å². The molecule has 0 aliphatic rings. The quantitative estimate of drug-likeness (QED) is 0.202. The van der Waals surface area contributed by atoms with E-state index in [1.807, 2.05) is 0 Å². The minimum atomic E-state index is -1.47. The van der Waals surface area contributed by atoms with E-state index in [-0.39, 0.29) is 17.7 Å². The van der Waals surface area contributed by atoms with E-state index < -0.39 is 23.6 Å². The zero-order valence-corrected chi connectivity index (χ0v) is 16.2. The Kier molecular flexibility index (Phi) is 7.77. The van der Waals surface area contributed by atoms with Crippen molar-refractivity contribution >= 4 is 17.7 Å². The summed E-state index contributed by atoms with van der Waals surface area (Å²) in [5, 5.41) is 22.7. The van der Waals surface area contributed by atoms with Crippen molar-refractivity contribution < 1.29 is 29.1 Å². The van der Waals surface area contributed by atoms with Crippen LogP contribution in [0.25, 0.3) is 0 Å². The number of aliphatic hydroxyl groups excluding tert-OH is 1. The van der Waals surface area contributed by atoms with Gasteiger partial charge in [0.2, 0.25) is 5.91 Å². The van der Waals surface area contributed by atoms with Crippen LogP contribution in [0.15, 0.2) is 34.7 Å². The maximum atomic E-state index is 12.2. The van der Waals surface area contributed by atoms with Gasteiger partial charge in [-0.05, 0) is 53.7 Å². The van der Waals surface area contributed by atoms with Crippen LogP contribution in [0.1, 0.15) is 38.9 Å². The monoisotopic (exact) mass is 409 g/mol. The third-order valence-electron chi connectivity index (χ3n) is 3.99. The zero-order valence-electron chi connectivity index (χ0n) is 16.2. The van der Waals surface area contributed by atoms with Crippen molar-refractivity contribution in [1.29, 1.82) is 0 Å². The highest BCUT2D eigenvalue weighted by molar-refractivity contribution is 6.08. The second kappa shape index (κ2) is 10.5. The van der Waals surface area contributed by atoms with E-state index in [0.29, 0.717) is 17.1 Å². The fraction of sp³-hybridized carbons (Fsp3) is 0.190. The van der Waals surface area contributed by atoms with Gasteiger partial charge >= 0.3 is 0 Å². The fourth-order valence-electron chi connectivity index (χ4n) is 2.56. The molecular weight excluding hydrogens is 390 g/mol. The van der Waals surface area contributed by atoms with E-state index in [9.17, 15) is 14.4 Å². The predicted octanol–water partition coefficient (Wildman–Crippen LogP) is -0.130. The van der Waals surface area contributed by atoms with Crippen LogP contribution in [0.3, 0.4) is 0 Å². The Balaban J connectivity index is 2.44. The van der Waals surface area contributed by atoms with Gasteiger partial charge in [-0.3, -0.25) is 19.6 Å². The lowest BCUT2D eigenvalue weighted by Crippen LogP contribution is -2.38. The average Bonchev–Trinajstić information content (AvgIpc) is 3.24. The third kappa shape index (κ3) is 5.26. The SMILES string of the molecule is CNC(=O)c1ccc(C#CC#Cc2ccc(CO)o2)cc1C(C(=O)NC)C(=O)NO. The van der Waals surface area contributed by atoms with Gasteiger partial charge in [0.25, 0.3) is 11.8 Å². The fourth-order valence-corrected chi connectivity index (χ4v) is 2.56. The molecular formula is C21H19N3O6. The summed E-state index contributed by atoms with van der Waals surface area (Å²) in [5.74, 6) is 7.65. The molecule has 2 aromatic rings. The number of carbonyl (C=O) groups excluding carboxylic acids is 3. The van der Waals surface area contributed by atoms with Crippen LogP contribution in [0.2, 0.25) is 0 Å². The average molecular weight is 409 g/mol. The van der Waals surface area contributed by atoms with E-state index >= 15 is 0 Å². The highest BCUT2D eigenvalue weighted by Gasteiger charge is 2.31. The number of hydroxylamine groups is 1. The molecule has 0 spiro atoms. The first-order chi connectivity index (χ1) is 14.4. The molecule has 0 bridgehead atoms. The molecule has 3 amide bonds. The molecule has 1 atom stereocenters. The van der Waals surface area contributed by atoms with Crippen LogP contribution in [0, 0.1) is 23.7 Å². The summed E-state index contributed by atoms with van der Waals surface area (Å²) in [6.45, 7) is -0.234. The van der Waals surface area contributed by atoms with Crippen molar-refractivity contribution in [2.75, 3.05) is 14.1 Å². The molecule has 1 aromatic carbocycles. The second-order valence-corrected chi connectivity index (χ2v) is 5.83. The molecule has 1 aromatic heterocycles. The van der Waals surface area contributed by atoms with Crippen LogP contribution < -0.4 is 16.1 Å². The number of carbonyl (C=O) groups is 3. The summed E-state index contributed by atoms with van der Waals surface area (Å²) < 4.78 is 5.22. The van der Waals surface area contributed by atoms with Crippen LogP contribution in [-0.2, 0) is 16.2 Å². The molecule has 0 saturated heterocycles. The largest absolute Gasteiger partial charge is 0.450 e. The summed E-state index contributed by atoms with van der Waals surface area (Å²) in [4.78, 5) is 36.5. The van der Waals surface area contributed by atoms with Gasteiger partial charge in [0.1, 0.15) is 18.3 Å². The van der Waals surface area contributed by atoms with Crippen molar-refractivity contribution in [3.63, 3.8) is 0 Å². The highest BCUT2D eigenvalue weighted by atomic mass is 16.5. The Labute approximate surface area is 172 Å². The normalized spacial score (nSPS) is 10.5. The standard InChI is InChI=1S/C21H19N3O6/c1-22-19(26)16-10-7-13(5-3-4-6-14-8-9-15(12-25)30-14)11-17(16)18(20(27)23-2)21(28)24-29/h7-11,18,25,29H,12H2,1-2H3,(H,22,26)(H,23,27)(H,24,28). The molecule has 9 heteroatoms. The van der Waals surface area contributed by atoms with Gasteiger partial charge in [-0.25, -0.2) is 5.48 Å². The number of hydrogen-bond donors (Lipinski definition) is 5. The zero-order chi connectivity index (χ0) is 22.1. The lowest BCUT2D eigenvalue weighted by molar-refractivity contribution is -0.136. The number of aliphatic hydroxyl groups is 1. The van der Waals surface area contributed by atoms with Crippen molar-refractivity contribution in [3.8, 4) is 23.7 Å². The Morgan fingerprint density at radius 3 is 2.37 bits per heavy atom. The Morgan fingerprint density at radius 1 is 1.03 bits per heavy atom. The van der Waals surface area contributed by atoms with Crippen molar-refractivity contribution in [1.82, 2.24) is 16.1 Å². The number of nitrogens with one attached hydrogen (secondary N) is 3. The molecule has 30 heavy (non-hydrogen) atoms. The van der Waals surface area contributed by atoms with E-state index in [1.54, 1.807) is 12.1 Å². The summed E-state index contributed by atoms with van der Waals surface area (Å²) in [5.41, 5.74) is 1.98. The lowest BCUT2D eigenvalue weighted by Gasteiger charge is -2.17. The number of amides is 3. The van der Waals surface area contributed by atoms with Crippen molar-refractivity contribution in [3.05, 3.63) is 58.5 Å². The maximum absolute atomic E-state index is 12.2. The molecule has 5 N–H and O–H groups in total.